The Morgan fingerprint density at radius 2 is 2.05 bits per heavy atom. The maximum Gasteiger partial charge on any atom is 0.393 e. The molecule has 2 atom stereocenters. The Morgan fingerprint density at radius 1 is 1.35 bits per heavy atom. The minimum absolute atomic E-state index is 0.0819. The fourth-order valence-electron chi connectivity index (χ4n) is 2.69. The second kappa shape index (κ2) is 5.60. The van der Waals surface area contributed by atoms with Crippen LogP contribution in [0.5, 0.6) is 5.75 Å². The van der Waals surface area contributed by atoms with Crippen LogP contribution in [0.1, 0.15) is 31.4 Å². The van der Waals surface area contributed by atoms with E-state index in [-0.39, 0.29) is 24.8 Å². The summed E-state index contributed by atoms with van der Waals surface area (Å²) in [5.74, 6) is -2.11. The van der Waals surface area contributed by atoms with Crippen LogP contribution < -0.4 is 0 Å². The first kappa shape index (κ1) is 15.1. The molecule has 6 heteroatoms. The van der Waals surface area contributed by atoms with E-state index in [4.69, 9.17) is 0 Å². The van der Waals surface area contributed by atoms with Gasteiger partial charge < -0.3 is 5.11 Å². The summed E-state index contributed by atoms with van der Waals surface area (Å²) in [6, 6.07) is 3.24. The van der Waals surface area contributed by atoms with Gasteiger partial charge in [-0.25, -0.2) is 4.39 Å². The largest absolute Gasteiger partial charge is 0.508 e. The number of rotatable bonds is 2. The molecule has 112 valence electrons. The van der Waals surface area contributed by atoms with Crippen LogP contribution in [0.4, 0.5) is 17.6 Å². The van der Waals surface area contributed by atoms with Crippen molar-refractivity contribution in [2.45, 2.75) is 32.0 Å². The minimum Gasteiger partial charge on any atom is -0.508 e. The molecule has 0 radical (unpaired) electrons. The average molecular weight is 291 g/mol. The van der Waals surface area contributed by atoms with Gasteiger partial charge in [0.25, 0.3) is 0 Å². The summed E-state index contributed by atoms with van der Waals surface area (Å²) in [5, 5.41) is 9.73. The maximum absolute atomic E-state index is 12.9. The van der Waals surface area contributed by atoms with Crippen LogP contribution in [-0.4, -0.2) is 29.3 Å². The number of phenols is 1. The first-order chi connectivity index (χ1) is 9.29. The lowest BCUT2D eigenvalue weighted by Gasteiger charge is -2.37. The zero-order valence-electron chi connectivity index (χ0n) is 11.1. The predicted octanol–water partition coefficient (Wildman–Crippen LogP) is 3.87. The van der Waals surface area contributed by atoms with Gasteiger partial charge in [-0.05, 0) is 32.4 Å². The van der Waals surface area contributed by atoms with Crippen LogP contribution in [0, 0.1) is 11.7 Å². The highest BCUT2D eigenvalue weighted by Crippen LogP contribution is 2.37. The Labute approximate surface area is 115 Å². The van der Waals surface area contributed by atoms with Gasteiger partial charge in [-0.2, -0.15) is 13.2 Å². The molecule has 1 aliphatic heterocycles. The molecule has 2 unspecified atom stereocenters. The number of halogens is 4. The minimum atomic E-state index is -4.19. The van der Waals surface area contributed by atoms with Crippen molar-refractivity contribution in [2.75, 3.05) is 13.1 Å². The SMILES string of the molecule is CC(c1ccc(F)cc1O)N1CCCC(C(F)(F)F)C1. The van der Waals surface area contributed by atoms with E-state index in [1.54, 1.807) is 11.8 Å². The molecule has 0 aromatic heterocycles. The van der Waals surface area contributed by atoms with Crippen molar-refractivity contribution in [3.05, 3.63) is 29.6 Å². The van der Waals surface area contributed by atoms with Crippen LogP contribution in [0.25, 0.3) is 0 Å². The van der Waals surface area contributed by atoms with Gasteiger partial charge >= 0.3 is 6.18 Å². The zero-order valence-corrected chi connectivity index (χ0v) is 11.1. The molecule has 1 saturated heterocycles. The molecule has 1 aromatic carbocycles. The summed E-state index contributed by atoms with van der Waals surface area (Å²) in [5.41, 5.74) is 0.453. The summed E-state index contributed by atoms with van der Waals surface area (Å²) in [7, 11) is 0. The molecular formula is C14H17F4NO. The number of likely N-dealkylation sites (tertiary alicyclic amines) is 1. The summed E-state index contributed by atoms with van der Waals surface area (Å²) in [4.78, 5) is 1.69. The molecule has 0 spiro atoms. The third-order valence-electron chi connectivity index (χ3n) is 3.91. The Balaban J connectivity index is 2.14. The zero-order chi connectivity index (χ0) is 14.9. The van der Waals surface area contributed by atoms with Crippen molar-refractivity contribution in [3.8, 4) is 5.75 Å². The first-order valence-electron chi connectivity index (χ1n) is 6.58. The Hall–Kier alpha value is -1.30. The lowest BCUT2D eigenvalue weighted by atomic mass is 9.94. The number of aromatic hydroxyl groups is 1. The van der Waals surface area contributed by atoms with Gasteiger partial charge in [0.05, 0.1) is 5.92 Å². The van der Waals surface area contributed by atoms with E-state index in [2.05, 4.69) is 0 Å². The monoisotopic (exact) mass is 291 g/mol. The summed E-state index contributed by atoms with van der Waals surface area (Å²) < 4.78 is 51.3. The van der Waals surface area contributed by atoms with Crippen LogP contribution >= 0.6 is 0 Å². The molecule has 2 nitrogen and oxygen atoms in total. The van der Waals surface area contributed by atoms with E-state index < -0.39 is 17.9 Å². The summed E-state index contributed by atoms with van der Waals surface area (Å²) >= 11 is 0. The molecule has 0 amide bonds. The van der Waals surface area contributed by atoms with Gasteiger partial charge in [-0.3, -0.25) is 4.90 Å². The van der Waals surface area contributed by atoms with Crippen molar-refractivity contribution in [1.29, 1.82) is 0 Å². The molecular weight excluding hydrogens is 274 g/mol. The molecule has 1 aromatic rings. The molecule has 20 heavy (non-hydrogen) atoms. The fourth-order valence-corrected chi connectivity index (χ4v) is 2.69. The van der Waals surface area contributed by atoms with Gasteiger partial charge in [0.1, 0.15) is 11.6 Å². The predicted molar refractivity (Wildman–Crippen MR) is 66.8 cm³/mol. The Kier molecular flexibility index (Phi) is 4.22. The highest BCUT2D eigenvalue weighted by atomic mass is 19.4. The van der Waals surface area contributed by atoms with Crippen LogP contribution in [-0.2, 0) is 0 Å². The molecule has 1 fully saturated rings. The number of piperidine rings is 1. The number of hydrogen-bond acceptors (Lipinski definition) is 2. The van der Waals surface area contributed by atoms with Crippen molar-refractivity contribution in [1.82, 2.24) is 4.90 Å². The molecule has 0 bridgehead atoms. The van der Waals surface area contributed by atoms with E-state index in [1.807, 2.05) is 0 Å². The van der Waals surface area contributed by atoms with Crippen LogP contribution in [0.15, 0.2) is 18.2 Å². The van der Waals surface area contributed by atoms with Gasteiger partial charge in [-0.1, -0.05) is 6.07 Å². The topological polar surface area (TPSA) is 23.5 Å². The second-order valence-electron chi connectivity index (χ2n) is 5.25. The molecule has 2 rings (SSSR count). The number of alkyl halides is 3. The molecule has 1 N–H and O–H groups in total. The fraction of sp³-hybridized carbons (Fsp3) is 0.571. The van der Waals surface area contributed by atoms with E-state index in [0.717, 1.165) is 6.07 Å². The van der Waals surface area contributed by atoms with Crippen molar-refractivity contribution >= 4 is 0 Å². The Morgan fingerprint density at radius 3 is 2.65 bits per heavy atom. The smallest absolute Gasteiger partial charge is 0.393 e. The van der Waals surface area contributed by atoms with Crippen LogP contribution in [0.2, 0.25) is 0 Å². The summed E-state index contributed by atoms with van der Waals surface area (Å²) in [6.45, 7) is 2.19. The second-order valence-corrected chi connectivity index (χ2v) is 5.25. The lowest BCUT2D eigenvalue weighted by Crippen LogP contribution is -2.42. The third kappa shape index (κ3) is 3.23. The van der Waals surface area contributed by atoms with E-state index >= 15 is 0 Å². The van der Waals surface area contributed by atoms with Crippen molar-refractivity contribution < 1.29 is 22.7 Å². The third-order valence-corrected chi connectivity index (χ3v) is 3.91. The van der Waals surface area contributed by atoms with Crippen molar-refractivity contribution in [2.24, 2.45) is 5.92 Å². The molecule has 1 aliphatic rings. The molecule has 1 heterocycles. The summed E-state index contributed by atoms with van der Waals surface area (Å²) in [6.07, 6.45) is -3.58. The lowest BCUT2D eigenvalue weighted by molar-refractivity contribution is -0.188. The molecule has 0 aliphatic carbocycles. The Bertz CT molecular complexity index is 475. The van der Waals surface area contributed by atoms with Gasteiger partial charge in [0.2, 0.25) is 0 Å². The van der Waals surface area contributed by atoms with Crippen LogP contribution in [0.3, 0.4) is 0 Å². The maximum atomic E-state index is 12.9. The number of nitrogens with zero attached hydrogens (tertiary/aromatic N) is 1. The average Bonchev–Trinajstić information content (AvgIpc) is 2.37. The van der Waals surface area contributed by atoms with Crippen molar-refractivity contribution in [3.63, 3.8) is 0 Å². The van der Waals surface area contributed by atoms with Gasteiger partial charge in [0, 0.05) is 24.2 Å². The number of benzene rings is 1. The first-order valence-corrected chi connectivity index (χ1v) is 6.58. The standard InChI is InChI=1S/C14H17F4NO/c1-9(12-5-4-11(15)7-13(12)20)19-6-2-3-10(8-19)14(16,17)18/h4-5,7,9-10,20H,2-3,6,8H2,1H3. The van der Waals surface area contributed by atoms with Gasteiger partial charge in [-0.15, -0.1) is 0 Å². The quantitative estimate of drug-likeness (QED) is 0.836. The van der Waals surface area contributed by atoms with Gasteiger partial charge in [0.15, 0.2) is 0 Å². The number of hydrogen-bond donors (Lipinski definition) is 1. The highest BCUT2D eigenvalue weighted by Gasteiger charge is 2.42. The van der Waals surface area contributed by atoms with E-state index in [0.29, 0.717) is 18.5 Å². The van der Waals surface area contributed by atoms with E-state index in [1.165, 1.54) is 12.1 Å². The van der Waals surface area contributed by atoms with E-state index in [9.17, 15) is 22.7 Å². The normalized spacial score (nSPS) is 22.8. The molecule has 0 saturated carbocycles. The highest BCUT2D eigenvalue weighted by molar-refractivity contribution is 5.35. The number of phenolic OH excluding ortho intramolecular Hbond substituents is 1.